The number of amides is 1. The molecule has 1 fully saturated rings. The summed E-state index contributed by atoms with van der Waals surface area (Å²) in [6.45, 7) is 5.05. The van der Waals surface area contributed by atoms with Gasteiger partial charge in [-0.2, -0.15) is 0 Å². The number of nitrogens with zero attached hydrogens (tertiary/aromatic N) is 2. The fraction of sp³-hybridized carbons (Fsp3) is 0.600. The average molecular weight is 278 g/mol. The van der Waals surface area contributed by atoms with Crippen molar-refractivity contribution in [2.24, 2.45) is 5.92 Å². The van der Waals surface area contributed by atoms with Crippen LogP contribution < -0.4 is 0 Å². The Morgan fingerprint density at radius 1 is 1.42 bits per heavy atom. The fourth-order valence-corrected chi connectivity index (χ4v) is 3.72. The van der Waals surface area contributed by atoms with E-state index in [2.05, 4.69) is 18.2 Å². The number of thioether (sulfide) groups is 1. The standard InChI is InChI=1S/C15H22N2OS/c1-11-6-4-5-9-17(15(11)19-3)14(18)13-8-7-12(2)16-10-13/h7-8,10-11,15H,4-6,9H2,1-3H3. The van der Waals surface area contributed by atoms with Gasteiger partial charge in [0.05, 0.1) is 10.9 Å². The number of pyridine rings is 1. The average Bonchev–Trinajstić information content (AvgIpc) is 2.60. The first-order valence-corrected chi connectivity index (χ1v) is 8.18. The van der Waals surface area contributed by atoms with Crippen LogP contribution in [0.25, 0.3) is 0 Å². The van der Waals surface area contributed by atoms with Crippen molar-refractivity contribution in [3.05, 3.63) is 29.6 Å². The lowest BCUT2D eigenvalue weighted by Gasteiger charge is -2.32. The first kappa shape index (κ1) is 14.4. The molecule has 0 N–H and O–H groups in total. The van der Waals surface area contributed by atoms with Crippen LogP contribution in [-0.4, -0.2) is 34.0 Å². The zero-order valence-corrected chi connectivity index (χ0v) is 12.7. The molecule has 3 nitrogen and oxygen atoms in total. The topological polar surface area (TPSA) is 33.2 Å². The van der Waals surface area contributed by atoms with Gasteiger partial charge in [-0.15, -0.1) is 11.8 Å². The first-order chi connectivity index (χ1) is 9.13. The van der Waals surface area contributed by atoms with Crippen LogP contribution in [0.15, 0.2) is 18.3 Å². The first-order valence-electron chi connectivity index (χ1n) is 6.90. The molecule has 2 rings (SSSR count). The van der Waals surface area contributed by atoms with Gasteiger partial charge in [-0.05, 0) is 44.1 Å². The molecule has 0 spiro atoms. The summed E-state index contributed by atoms with van der Waals surface area (Å²) in [6.07, 6.45) is 7.33. The van der Waals surface area contributed by atoms with Gasteiger partial charge in [0.1, 0.15) is 0 Å². The van der Waals surface area contributed by atoms with Gasteiger partial charge in [-0.25, -0.2) is 0 Å². The van der Waals surface area contributed by atoms with Crippen LogP contribution >= 0.6 is 11.8 Å². The summed E-state index contributed by atoms with van der Waals surface area (Å²) in [6, 6.07) is 3.79. The van der Waals surface area contributed by atoms with E-state index in [9.17, 15) is 4.79 Å². The molecule has 0 bridgehead atoms. The van der Waals surface area contributed by atoms with Gasteiger partial charge in [0.15, 0.2) is 0 Å². The highest BCUT2D eigenvalue weighted by molar-refractivity contribution is 7.99. The van der Waals surface area contributed by atoms with Crippen molar-refractivity contribution in [3.63, 3.8) is 0 Å². The maximum Gasteiger partial charge on any atom is 0.256 e. The molecule has 1 aliphatic rings. The highest BCUT2D eigenvalue weighted by atomic mass is 32.2. The highest BCUT2D eigenvalue weighted by Crippen LogP contribution is 2.30. The minimum Gasteiger partial charge on any atom is -0.326 e. The molecule has 0 aromatic carbocycles. The number of likely N-dealkylation sites (tertiary alicyclic amines) is 1. The normalized spacial score (nSPS) is 24.1. The van der Waals surface area contributed by atoms with Crippen LogP contribution in [0, 0.1) is 12.8 Å². The van der Waals surface area contributed by atoms with Crippen LogP contribution in [0.4, 0.5) is 0 Å². The lowest BCUT2D eigenvalue weighted by Crippen LogP contribution is -2.41. The Labute approximate surface area is 119 Å². The summed E-state index contributed by atoms with van der Waals surface area (Å²) in [7, 11) is 0. The van der Waals surface area contributed by atoms with E-state index in [1.807, 2.05) is 24.0 Å². The largest absolute Gasteiger partial charge is 0.326 e. The van der Waals surface area contributed by atoms with Crippen molar-refractivity contribution in [2.45, 2.75) is 38.5 Å². The van der Waals surface area contributed by atoms with Gasteiger partial charge in [-0.3, -0.25) is 9.78 Å². The number of carbonyl (C=O) groups excluding carboxylic acids is 1. The molecule has 0 saturated carbocycles. The molecule has 1 aromatic rings. The van der Waals surface area contributed by atoms with Gasteiger partial charge < -0.3 is 4.90 Å². The zero-order valence-electron chi connectivity index (χ0n) is 11.9. The summed E-state index contributed by atoms with van der Waals surface area (Å²) in [5.74, 6) is 0.681. The van der Waals surface area contributed by atoms with E-state index >= 15 is 0 Å². The van der Waals surface area contributed by atoms with Crippen molar-refractivity contribution in [2.75, 3.05) is 12.8 Å². The number of rotatable bonds is 2. The molecule has 19 heavy (non-hydrogen) atoms. The molecule has 1 saturated heterocycles. The molecule has 4 heteroatoms. The lowest BCUT2D eigenvalue weighted by molar-refractivity contribution is 0.0720. The van der Waals surface area contributed by atoms with Crippen LogP contribution in [0.2, 0.25) is 0 Å². The molecule has 104 valence electrons. The lowest BCUT2D eigenvalue weighted by atomic mass is 10.1. The fourth-order valence-electron chi connectivity index (χ4n) is 2.66. The third kappa shape index (κ3) is 3.30. The smallest absolute Gasteiger partial charge is 0.256 e. The summed E-state index contributed by atoms with van der Waals surface area (Å²) >= 11 is 1.79. The molecule has 1 aromatic heterocycles. The van der Waals surface area contributed by atoms with Crippen LogP contribution in [-0.2, 0) is 0 Å². The van der Waals surface area contributed by atoms with Crippen molar-refractivity contribution in [1.29, 1.82) is 0 Å². The predicted octanol–water partition coefficient (Wildman–Crippen LogP) is 3.34. The van der Waals surface area contributed by atoms with E-state index in [0.29, 0.717) is 11.5 Å². The molecular formula is C15H22N2OS. The number of aromatic nitrogens is 1. The molecule has 1 aliphatic heterocycles. The Morgan fingerprint density at radius 2 is 2.21 bits per heavy atom. The Morgan fingerprint density at radius 3 is 2.84 bits per heavy atom. The highest BCUT2D eigenvalue weighted by Gasteiger charge is 2.30. The Balaban J connectivity index is 2.21. The van der Waals surface area contributed by atoms with E-state index in [0.717, 1.165) is 18.7 Å². The second-order valence-corrected chi connectivity index (χ2v) is 6.24. The van der Waals surface area contributed by atoms with E-state index in [1.165, 1.54) is 12.8 Å². The molecule has 2 heterocycles. The molecule has 1 amide bonds. The molecule has 0 aliphatic carbocycles. The van der Waals surface area contributed by atoms with Crippen LogP contribution in [0.3, 0.4) is 0 Å². The second kappa shape index (κ2) is 6.42. The molecule has 0 radical (unpaired) electrons. The van der Waals surface area contributed by atoms with Crippen molar-refractivity contribution in [3.8, 4) is 0 Å². The molecule has 2 atom stereocenters. The van der Waals surface area contributed by atoms with E-state index < -0.39 is 0 Å². The Bertz CT molecular complexity index is 432. The third-order valence-electron chi connectivity index (χ3n) is 3.76. The number of hydrogen-bond donors (Lipinski definition) is 0. The van der Waals surface area contributed by atoms with E-state index in [1.54, 1.807) is 18.0 Å². The maximum absolute atomic E-state index is 12.7. The van der Waals surface area contributed by atoms with E-state index in [-0.39, 0.29) is 11.3 Å². The predicted molar refractivity (Wildman–Crippen MR) is 80.3 cm³/mol. The summed E-state index contributed by atoms with van der Waals surface area (Å²) < 4.78 is 0. The van der Waals surface area contributed by atoms with Crippen LogP contribution in [0.1, 0.15) is 42.2 Å². The quantitative estimate of drug-likeness (QED) is 0.832. The molecule has 2 unspecified atom stereocenters. The zero-order chi connectivity index (χ0) is 13.8. The molecular weight excluding hydrogens is 256 g/mol. The van der Waals surface area contributed by atoms with Gasteiger partial charge in [0.2, 0.25) is 0 Å². The van der Waals surface area contributed by atoms with Gasteiger partial charge in [-0.1, -0.05) is 13.3 Å². The SMILES string of the molecule is CSC1C(C)CCCCN1C(=O)c1ccc(C)nc1. The Hall–Kier alpha value is -1.03. The van der Waals surface area contributed by atoms with Gasteiger partial charge >= 0.3 is 0 Å². The van der Waals surface area contributed by atoms with Gasteiger partial charge in [0.25, 0.3) is 5.91 Å². The number of hydrogen-bond acceptors (Lipinski definition) is 3. The minimum atomic E-state index is 0.126. The van der Waals surface area contributed by atoms with Crippen molar-refractivity contribution >= 4 is 17.7 Å². The summed E-state index contributed by atoms with van der Waals surface area (Å²) in [4.78, 5) is 18.9. The summed E-state index contributed by atoms with van der Waals surface area (Å²) in [5, 5.41) is 0.288. The van der Waals surface area contributed by atoms with Crippen molar-refractivity contribution in [1.82, 2.24) is 9.88 Å². The van der Waals surface area contributed by atoms with Crippen LogP contribution in [0.5, 0.6) is 0 Å². The number of aryl methyl sites for hydroxylation is 1. The second-order valence-electron chi connectivity index (χ2n) is 5.29. The Kier molecular flexibility index (Phi) is 4.86. The van der Waals surface area contributed by atoms with Crippen molar-refractivity contribution < 1.29 is 4.79 Å². The monoisotopic (exact) mass is 278 g/mol. The van der Waals surface area contributed by atoms with E-state index in [4.69, 9.17) is 0 Å². The minimum absolute atomic E-state index is 0.126. The third-order valence-corrected chi connectivity index (χ3v) is 4.97. The maximum atomic E-state index is 12.7. The van der Waals surface area contributed by atoms with Gasteiger partial charge in [0, 0.05) is 18.4 Å². The number of carbonyl (C=O) groups is 1. The summed E-state index contributed by atoms with van der Waals surface area (Å²) in [5.41, 5.74) is 1.65.